The topological polar surface area (TPSA) is 237 Å². The molecule has 17 nitrogen and oxygen atoms in total. The van der Waals surface area contributed by atoms with Crippen LogP contribution in [0.15, 0.2) is 97.2 Å². The van der Waals surface area contributed by atoms with E-state index in [1.165, 1.54) is 77.0 Å². The van der Waals surface area contributed by atoms with E-state index in [9.17, 15) is 43.2 Å². The summed E-state index contributed by atoms with van der Waals surface area (Å²) in [5.74, 6) is -2.19. The number of rotatable bonds is 78. The molecule has 0 heterocycles. The van der Waals surface area contributed by atoms with E-state index in [2.05, 4.69) is 125 Å². The molecule has 0 aliphatic rings. The van der Waals surface area contributed by atoms with Crippen molar-refractivity contribution in [3.8, 4) is 0 Å². The molecule has 0 aliphatic heterocycles. The van der Waals surface area contributed by atoms with E-state index < -0.39 is 97.5 Å². The first-order valence-corrected chi connectivity index (χ1v) is 44.5. The van der Waals surface area contributed by atoms with Gasteiger partial charge in [0.15, 0.2) is 12.2 Å². The van der Waals surface area contributed by atoms with Crippen LogP contribution in [0.4, 0.5) is 0 Å². The van der Waals surface area contributed by atoms with E-state index in [1.807, 2.05) is 0 Å². The Morgan fingerprint density at radius 1 is 0.279 bits per heavy atom. The lowest BCUT2D eigenvalue weighted by molar-refractivity contribution is -0.161. The van der Waals surface area contributed by atoms with Crippen molar-refractivity contribution in [1.29, 1.82) is 0 Å². The molecule has 4 unspecified atom stereocenters. The van der Waals surface area contributed by atoms with Gasteiger partial charge in [-0.2, -0.15) is 0 Å². The minimum absolute atomic E-state index is 0.0837. The molecule has 4 atom stereocenters. The van der Waals surface area contributed by atoms with Crippen molar-refractivity contribution in [1.82, 2.24) is 0 Å². The predicted octanol–water partition coefficient (Wildman–Crippen LogP) is 24.3. The summed E-state index contributed by atoms with van der Waals surface area (Å²) in [6.07, 6.45) is 82.3. The van der Waals surface area contributed by atoms with Gasteiger partial charge in [-0.1, -0.05) is 292 Å². The molecular formula is C85H150O17P2. The summed E-state index contributed by atoms with van der Waals surface area (Å²) < 4.78 is 68.7. The predicted molar refractivity (Wildman–Crippen MR) is 427 cm³/mol. The number of hydrogen-bond acceptors (Lipinski definition) is 15. The number of carbonyl (C=O) groups is 4. The molecule has 0 saturated heterocycles. The lowest BCUT2D eigenvalue weighted by Crippen LogP contribution is -2.30. The Labute approximate surface area is 633 Å². The molecule has 0 amide bonds. The van der Waals surface area contributed by atoms with Crippen LogP contribution in [-0.4, -0.2) is 96.7 Å². The summed E-state index contributed by atoms with van der Waals surface area (Å²) in [4.78, 5) is 73.1. The highest BCUT2D eigenvalue weighted by atomic mass is 31.2. The minimum Gasteiger partial charge on any atom is -0.462 e. The van der Waals surface area contributed by atoms with E-state index >= 15 is 0 Å². The Bertz CT molecular complexity index is 2190. The number of ether oxygens (including phenoxy) is 4. The monoisotopic (exact) mass is 1510 g/mol. The third-order valence-corrected chi connectivity index (χ3v) is 19.4. The molecule has 0 saturated carbocycles. The van der Waals surface area contributed by atoms with E-state index in [-0.39, 0.29) is 25.7 Å². The Morgan fingerprint density at radius 2 is 0.500 bits per heavy atom. The van der Waals surface area contributed by atoms with Crippen LogP contribution in [0.1, 0.15) is 362 Å². The summed E-state index contributed by atoms with van der Waals surface area (Å²) in [6, 6.07) is 0. The maximum atomic E-state index is 13.1. The molecule has 3 N–H and O–H groups in total. The van der Waals surface area contributed by atoms with Gasteiger partial charge in [-0.25, -0.2) is 9.13 Å². The Morgan fingerprint density at radius 3 is 0.779 bits per heavy atom. The van der Waals surface area contributed by atoms with Crippen molar-refractivity contribution in [2.75, 3.05) is 39.6 Å². The van der Waals surface area contributed by atoms with Crippen LogP contribution in [0.25, 0.3) is 0 Å². The van der Waals surface area contributed by atoms with Gasteiger partial charge in [-0.3, -0.25) is 37.3 Å². The SMILES string of the molecule is CC/C=C\C/C=C\C/C=C\CCCCCCCCCC(=O)OCC(COP(=O)(O)OCC(O)COP(=O)(O)OCC(COC(=O)CCCCCCCCC/C=C\C/C=C\C/C=C\CC)OC(=O)CCCCCCC/C=C\CCCCCCCC)OC(=O)CCCCCCC/C=C\CCCCCCCC. The average molecular weight is 1510 g/mol. The highest BCUT2D eigenvalue weighted by Gasteiger charge is 2.30. The number of aliphatic hydroxyl groups is 1. The molecule has 0 fully saturated rings. The second kappa shape index (κ2) is 77.1. The van der Waals surface area contributed by atoms with Crippen molar-refractivity contribution in [3.05, 3.63) is 97.2 Å². The van der Waals surface area contributed by atoms with Crippen LogP contribution in [0.2, 0.25) is 0 Å². The van der Waals surface area contributed by atoms with Crippen molar-refractivity contribution < 1.29 is 80.2 Å². The third-order valence-electron chi connectivity index (χ3n) is 17.5. The molecule has 0 spiro atoms. The number of aliphatic hydroxyl groups excluding tert-OH is 1. The fraction of sp³-hybridized carbons (Fsp3) is 0.765. The molecule has 0 aromatic heterocycles. The fourth-order valence-electron chi connectivity index (χ4n) is 11.2. The molecule has 0 radical (unpaired) electrons. The lowest BCUT2D eigenvalue weighted by Gasteiger charge is -2.21. The van der Waals surface area contributed by atoms with Gasteiger partial charge < -0.3 is 33.8 Å². The Hall–Kier alpha value is -4.02. The van der Waals surface area contributed by atoms with E-state index in [1.54, 1.807) is 0 Å². The smallest absolute Gasteiger partial charge is 0.462 e. The number of unbranched alkanes of at least 4 members (excludes halogenated alkanes) is 36. The third kappa shape index (κ3) is 76.2. The molecule has 104 heavy (non-hydrogen) atoms. The van der Waals surface area contributed by atoms with Crippen molar-refractivity contribution in [2.45, 2.75) is 380 Å². The summed E-state index contributed by atoms with van der Waals surface area (Å²) >= 11 is 0. The van der Waals surface area contributed by atoms with Gasteiger partial charge in [0.05, 0.1) is 26.4 Å². The summed E-state index contributed by atoms with van der Waals surface area (Å²) in [6.45, 7) is 4.67. The summed E-state index contributed by atoms with van der Waals surface area (Å²) in [5, 5.41) is 10.7. The first-order chi connectivity index (χ1) is 50.7. The molecule has 0 aromatic carbocycles. The number of allylic oxidation sites excluding steroid dienone is 16. The maximum absolute atomic E-state index is 13.1. The minimum atomic E-state index is -4.98. The molecule has 0 bridgehead atoms. The number of esters is 4. The van der Waals surface area contributed by atoms with Gasteiger partial charge in [0.25, 0.3) is 0 Å². The van der Waals surface area contributed by atoms with Crippen molar-refractivity contribution in [3.63, 3.8) is 0 Å². The molecular weight excluding hydrogens is 1350 g/mol. The standard InChI is InChI=1S/C85H150O17P2/c1-5-9-13-17-21-25-29-33-37-39-43-45-49-53-57-61-65-69-82(87)95-75-80(101-84(89)71-67-63-59-55-51-47-41-35-31-27-23-19-15-11-7-3)77-99-103(91,92)97-73-79(86)74-98-104(93,94)100-78-81(102-85(90)72-68-64-60-56-52-48-42-36-32-28-24-20-16-12-8-4)76-96-83(88)70-66-62-58-54-50-46-44-40-38-34-30-26-22-18-14-10-6-2/h9-10,13-14,21-22,25-26,33-38,41-42,79-81,86H,5-8,11-12,15-20,23-24,27-32,39-40,43-78H2,1-4H3,(H,91,92)(H,93,94)/b13-9-,14-10-,25-21-,26-22-,37-33-,38-34-,41-35-,42-36-. The van der Waals surface area contributed by atoms with E-state index in [4.69, 9.17) is 37.0 Å². The Kier molecular flexibility index (Phi) is 74.2. The zero-order valence-electron chi connectivity index (χ0n) is 65.9. The van der Waals surface area contributed by atoms with E-state index in [0.717, 1.165) is 205 Å². The van der Waals surface area contributed by atoms with Crippen molar-refractivity contribution in [2.24, 2.45) is 0 Å². The highest BCUT2D eigenvalue weighted by Crippen LogP contribution is 2.45. The van der Waals surface area contributed by atoms with Gasteiger partial charge in [-0.05, 0) is 141 Å². The largest absolute Gasteiger partial charge is 0.472 e. The Balaban J connectivity index is 5.37. The van der Waals surface area contributed by atoms with Crippen LogP contribution in [0, 0.1) is 0 Å². The van der Waals surface area contributed by atoms with Gasteiger partial charge in [0.1, 0.15) is 19.3 Å². The van der Waals surface area contributed by atoms with Crippen LogP contribution in [0.3, 0.4) is 0 Å². The average Bonchev–Trinajstić information content (AvgIpc) is 0.937. The highest BCUT2D eigenvalue weighted by molar-refractivity contribution is 7.47. The number of hydrogen-bond donors (Lipinski definition) is 3. The first kappa shape index (κ1) is 100.0. The van der Waals surface area contributed by atoms with Crippen LogP contribution < -0.4 is 0 Å². The van der Waals surface area contributed by atoms with Gasteiger partial charge in [-0.15, -0.1) is 0 Å². The number of phosphoric acid groups is 2. The number of carbonyl (C=O) groups excluding carboxylic acids is 4. The van der Waals surface area contributed by atoms with Gasteiger partial charge in [0, 0.05) is 25.7 Å². The van der Waals surface area contributed by atoms with Crippen molar-refractivity contribution >= 4 is 39.5 Å². The second-order valence-corrected chi connectivity index (χ2v) is 30.6. The van der Waals surface area contributed by atoms with Crippen LogP contribution >= 0.6 is 15.6 Å². The molecule has 0 aromatic rings. The summed E-state index contributed by atoms with van der Waals surface area (Å²) in [5.41, 5.74) is 0. The second-order valence-electron chi connectivity index (χ2n) is 27.6. The summed E-state index contributed by atoms with van der Waals surface area (Å²) in [7, 11) is -9.96. The molecule has 19 heteroatoms. The molecule has 0 aliphatic carbocycles. The molecule has 602 valence electrons. The van der Waals surface area contributed by atoms with E-state index in [0.29, 0.717) is 25.7 Å². The maximum Gasteiger partial charge on any atom is 0.472 e. The zero-order chi connectivity index (χ0) is 76.0. The first-order valence-electron chi connectivity index (χ1n) is 41.5. The van der Waals surface area contributed by atoms with Gasteiger partial charge in [0.2, 0.25) is 0 Å². The van der Waals surface area contributed by atoms with Crippen LogP contribution in [-0.2, 0) is 65.4 Å². The van der Waals surface area contributed by atoms with Crippen LogP contribution in [0.5, 0.6) is 0 Å². The normalized spacial score (nSPS) is 14.3. The van der Waals surface area contributed by atoms with Gasteiger partial charge >= 0.3 is 39.5 Å². The quantitative estimate of drug-likeness (QED) is 0.0169. The molecule has 0 rings (SSSR count). The zero-order valence-corrected chi connectivity index (χ0v) is 67.7. The number of phosphoric ester groups is 2. The fourth-order valence-corrected chi connectivity index (χ4v) is 12.8. The lowest BCUT2D eigenvalue weighted by atomic mass is 10.1.